The number of likely N-dealkylation sites (tertiary alicyclic amines) is 1. The van der Waals surface area contributed by atoms with E-state index in [1.165, 1.54) is 4.88 Å². The van der Waals surface area contributed by atoms with Crippen LogP contribution in [0.2, 0.25) is 0 Å². The van der Waals surface area contributed by atoms with Gasteiger partial charge in [-0.2, -0.15) is 0 Å². The Balaban J connectivity index is 1.46. The lowest BCUT2D eigenvalue weighted by Crippen LogP contribution is -2.46. The van der Waals surface area contributed by atoms with Crippen molar-refractivity contribution in [3.05, 3.63) is 74.6 Å². The monoisotopic (exact) mass is 407 g/mol. The molecule has 0 spiro atoms. The fourth-order valence-electron chi connectivity index (χ4n) is 4.70. The van der Waals surface area contributed by atoms with Gasteiger partial charge in [0.2, 0.25) is 0 Å². The third-order valence-electron chi connectivity index (χ3n) is 5.96. The normalized spacial score (nSPS) is 21.0. The molecule has 0 aliphatic carbocycles. The molecule has 0 unspecified atom stereocenters. The number of thiazole rings is 1. The van der Waals surface area contributed by atoms with Crippen LogP contribution in [0.15, 0.2) is 52.9 Å². The van der Waals surface area contributed by atoms with E-state index in [1.54, 1.807) is 41.7 Å². The van der Waals surface area contributed by atoms with Gasteiger partial charge in [0.15, 0.2) is 0 Å². The average molecular weight is 407 g/mol. The number of hydrogen-bond donors (Lipinski definition) is 1. The highest BCUT2D eigenvalue weighted by atomic mass is 32.1. The van der Waals surface area contributed by atoms with E-state index in [0.29, 0.717) is 11.8 Å². The smallest absolute Gasteiger partial charge is 0.335 e. The van der Waals surface area contributed by atoms with Gasteiger partial charge in [0.25, 0.3) is 5.56 Å². The third-order valence-corrected chi connectivity index (χ3v) is 6.72. The summed E-state index contributed by atoms with van der Waals surface area (Å²) in [6.07, 6.45) is 3.05. The summed E-state index contributed by atoms with van der Waals surface area (Å²) in [5.74, 6) is -0.120. The van der Waals surface area contributed by atoms with Crippen molar-refractivity contribution in [2.24, 2.45) is 5.92 Å². The van der Waals surface area contributed by atoms with Crippen LogP contribution in [0.4, 0.5) is 0 Å². The lowest BCUT2D eigenvalue weighted by molar-refractivity contribution is 0.0697. The molecule has 0 radical (unpaired) electrons. The zero-order valence-corrected chi connectivity index (χ0v) is 16.6. The minimum atomic E-state index is -0.948. The molecule has 0 saturated carbocycles. The highest BCUT2D eigenvalue weighted by Crippen LogP contribution is 2.37. The zero-order valence-electron chi connectivity index (χ0n) is 15.8. The highest BCUT2D eigenvalue weighted by molar-refractivity contribution is 7.09. The Kier molecular flexibility index (Phi) is 4.56. The standard InChI is InChI=1S/C22H21N3O3S/c26-21-7-17(15-1-3-16(4-2-15)22(27)28)6-20-18-5-14(10-25(20)21)9-24(11-18)12-19-8-23-13-29-19/h1-4,6-8,13-14,18H,5,9-12H2,(H,27,28)/t14-,18+/m0/s1. The van der Waals surface area contributed by atoms with Crippen molar-refractivity contribution in [2.75, 3.05) is 13.1 Å². The topological polar surface area (TPSA) is 75.4 Å². The molecular formula is C22H21N3O3S. The van der Waals surface area contributed by atoms with Crippen molar-refractivity contribution in [1.82, 2.24) is 14.5 Å². The second kappa shape index (κ2) is 7.24. The molecule has 1 N–H and O–H groups in total. The van der Waals surface area contributed by atoms with Crippen molar-refractivity contribution in [1.29, 1.82) is 0 Å². The van der Waals surface area contributed by atoms with Crippen LogP contribution in [0.1, 0.15) is 33.3 Å². The van der Waals surface area contributed by atoms with Crippen LogP contribution >= 0.6 is 11.3 Å². The van der Waals surface area contributed by atoms with Crippen LogP contribution in [0.3, 0.4) is 0 Å². The van der Waals surface area contributed by atoms with Gasteiger partial charge in [-0.25, -0.2) is 4.79 Å². The van der Waals surface area contributed by atoms with Gasteiger partial charge >= 0.3 is 5.97 Å². The molecule has 4 heterocycles. The number of carboxylic acids is 1. The number of carbonyl (C=O) groups is 1. The SMILES string of the molecule is O=C(O)c1ccc(-c2cc3n(c(=O)c2)C[C@H]2C[C@@H]3CN(Cc3cncs3)C2)cc1. The van der Waals surface area contributed by atoms with Crippen LogP contribution in [-0.4, -0.2) is 38.6 Å². The minimum Gasteiger partial charge on any atom is -0.478 e. The first kappa shape index (κ1) is 18.3. The number of nitrogens with zero attached hydrogens (tertiary/aromatic N) is 3. The first-order valence-corrected chi connectivity index (χ1v) is 10.6. The molecule has 3 aromatic rings. The molecule has 6 nitrogen and oxygen atoms in total. The number of carboxylic acid groups (broad SMARTS) is 1. The second-order valence-corrected chi connectivity index (χ2v) is 8.93. The molecule has 1 saturated heterocycles. The summed E-state index contributed by atoms with van der Waals surface area (Å²) in [7, 11) is 0. The van der Waals surface area contributed by atoms with Gasteiger partial charge in [0.05, 0.1) is 11.1 Å². The van der Waals surface area contributed by atoms with Crippen LogP contribution in [0.25, 0.3) is 11.1 Å². The molecule has 1 fully saturated rings. The number of fused-ring (bicyclic) bond motifs is 4. The molecule has 2 aliphatic heterocycles. The lowest BCUT2D eigenvalue weighted by atomic mass is 9.82. The predicted molar refractivity (Wildman–Crippen MR) is 111 cm³/mol. The maximum Gasteiger partial charge on any atom is 0.335 e. The van der Waals surface area contributed by atoms with E-state index in [-0.39, 0.29) is 11.1 Å². The summed E-state index contributed by atoms with van der Waals surface area (Å²) in [6, 6.07) is 10.5. The van der Waals surface area contributed by atoms with Gasteiger partial charge in [0, 0.05) is 54.9 Å². The van der Waals surface area contributed by atoms with E-state index in [1.807, 2.05) is 16.3 Å². The molecule has 0 amide bonds. The zero-order chi connectivity index (χ0) is 20.0. The van der Waals surface area contributed by atoms with Crippen LogP contribution < -0.4 is 5.56 Å². The first-order valence-electron chi connectivity index (χ1n) is 9.75. The summed E-state index contributed by atoms with van der Waals surface area (Å²) in [6.45, 7) is 3.63. The summed E-state index contributed by atoms with van der Waals surface area (Å²) in [5.41, 5.74) is 4.98. The van der Waals surface area contributed by atoms with Crippen LogP contribution in [-0.2, 0) is 13.1 Å². The van der Waals surface area contributed by atoms with Crippen LogP contribution in [0.5, 0.6) is 0 Å². The molecule has 5 rings (SSSR count). The van der Waals surface area contributed by atoms with Gasteiger partial charge in [-0.3, -0.25) is 14.7 Å². The number of hydrogen-bond acceptors (Lipinski definition) is 5. The molecule has 2 bridgehead atoms. The van der Waals surface area contributed by atoms with Crippen molar-refractivity contribution in [3.63, 3.8) is 0 Å². The molecular weight excluding hydrogens is 386 g/mol. The Bertz CT molecular complexity index is 1110. The number of aromatic carboxylic acids is 1. The molecule has 7 heteroatoms. The minimum absolute atomic E-state index is 0.0328. The molecule has 2 atom stereocenters. The second-order valence-electron chi connectivity index (χ2n) is 7.96. The van der Waals surface area contributed by atoms with Gasteiger partial charge < -0.3 is 9.67 Å². The third kappa shape index (κ3) is 3.52. The average Bonchev–Trinajstić information content (AvgIpc) is 3.21. The maximum absolute atomic E-state index is 12.9. The van der Waals surface area contributed by atoms with E-state index in [2.05, 4.69) is 16.0 Å². The molecule has 29 heavy (non-hydrogen) atoms. The van der Waals surface area contributed by atoms with E-state index in [9.17, 15) is 9.59 Å². The summed E-state index contributed by atoms with van der Waals surface area (Å²) < 4.78 is 1.94. The van der Waals surface area contributed by atoms with E-state index in [4.69, 9.17) is 5.11 Å². The van der Waals surface area contributed by atoms with Crippen molar-refractivity contribution >= 4 is 17.3 Å². The van der Waals surface area contributed by atoms with E-state index < -0.39 is 5.97 Å². The van der Waals surface area contributed by atoms with Crippen molar-refractivity contribution in [2.45, 2.75) is 25.4 Å². The predicted octanol–water partition coefficient (Wildman–Crippen LogP) is 3.29. The largest absolute Gasteiger partial charge is 0.478 e. The van der Waals surface area contributed by atoms with Crippen molar-refractivity contribution < 1.29 is 9.90 Å². The number of aromatic nitrogens is 2. The van der Waals surface area contributed by atoms with E-state index >= 15 is 0 Å². The number of piperidine rings is 1. The highest BCUT2D eigenvalue weighted by Gasteiger charge is 2.35. The quantitative estimate of drug-likeness (QED) is 0.718. The summed E-state index contributed by atoms with van der Waals surface area (Å²) >= 11 is 1.69. The van der Waals surface area contributed by atoms with E-state index in [0.717, 1.165) is 49.4 Å². The summed E-state index contributed by atoms with van der Waals surface area (Å²) in [5, 5.41) is 9.10. The Hall–Kier alpha value is -2.77. The number of benzene rings is 1. The van der Waals surface area contributed by atoms with Gasteiger partial charge in [0.1, 0.15) is 0 Å². The fourth-order valence-corrected chi connectivity index (χ4v) is 5.34. The molecule has 2 aliphatic rings. The maximum atomic E-state index is 12.9. The molecule has 2 aromatic heterocycles. The van der Waals surface area contributed by atoms with Crippen LogP contribution in [0, 0.1) is 5.92 Å². The number of rotatable bonds is 4. The Labute approximate surface area is 172 Å². The van der Waals surface area contributed by atoms with Crippen molar-refractivity contribution in [3.8, 4) is 11.1 Å². The lowest BCUT2D eigenvalue weighted by Gasteiger charge is -2.42. The van der Waals surface area contributed by atoms with Gasteiger partial charge in [-0.1, -0.05) is 12.1 Å². The Morgan fingerprint density at radius 2 is 1.97 bits per heavy atom. The summed E-state index contributed by atoms with van der Waals surface area (Å²) in [4.78, 5) is 31.9. The van der Waals surface area contributed by atoms with Gasteiger partial charge in [-0.15, -0.1) is 11.3 Å². The first-order chi connectivity index (χ1) is 14.1. The Morgan fingerprint density at radius 3 is 2.69 bits per heavy atom. The molecule has 148 valence electrons. The number of pyridine rings is 1. The molecule has 1 aromatic carbocycles. The fraction of sp³-hybridized carbons (Fsp3) is 0.318. The van der Waals surface area contributed by atoms with Gasteiger partial charge in [-0.05, 0) is 41.7 Å². The Morgan fingerprint density at radius 1 is 1.14 bits per heavy atom.